The highest BCUT2D eigenvalue weighted by molar-refractivity contribution is 5.93. The maximum absolute atomic E-state index is 14.4. The minimum absolute atomic E-state index is 0.154. The van der Waals surface area contributed by atoms with Gasteiger partial charge in [0.25, 0.3) is 0 Å². The first kappa shape index (κ1) is 14.7. The number of halogens is 1. The highest BCUT2D eigenvalue weighted by atomic mass is 19.1. The minimum Gasteiger partial charge on any atom is -0.465 e. The van der Waals surface area contributed by atoms with Crippen LogP contribution in [0.1, 0.15) is 20.7 Å². The number of methoxy groups -OCH3 is 2. The van der Waals surface area contributed by atoms with Gasteiger partial charge in [-0.15, -0.1) is 0 Å². The molecule has 0 aliphatic rings. The molecule has 4 nitrogen and oxygen atoms in total. The van der Waals surface area contributed by atoms with Crippen LogP contribution in [0.5, 0.6) is 0 Å². The second kappa shape index (κ2) is 6.17. The van der Waals surface area contributed by atoms with Crippen molar-refractivity contribution in [1.82, 2.24) is 0 Å². The van der Waals surface area contributed by atoms with E-state index in [0.717, 1.165) is 0 Å². The summed E-state index contributed by atoms with van der Waals surface area (Å²) in [6, 6.07) is 10.8. The first-order chi connectivity index (χ1) is 10.1. The number of carbonyl (C=O) groups is 2. The normalized spacial score (nSPS) is 10.0. The highest BCUT2D eigenvalue weighted by Crippen LogP contribution is 2.26. The topological polar surface area (TPSA) is 52.6 Å². The molecule has 0 aliphatic carbocycles. The first-order valence-electron chi connectivity index (χ1n) is 6.14. The van der Waals surface area contributed by atoms with Gasteiger partial charge in [-0.2, -0.15) is 0 Å². The summed E-state index contributed by atoms with van der Waals surface area (Å²) in [4.78, 5) is 23.0. The monoisotopic (exact) mass is 288 g/mol. The molecule has 0 amide bonds. The molecule has 5 heteroatoms. The van der Waals surface area contributed by atoms with E-state index in [-0.39, 0.29) is 11.1 Å². The van der Waals surface area contributed by atoms with Gasteiger partial charge in [0.1, 0.15) is 5.82 Å². The lowest BCUT2D eigenvalue weighted by molar-refractivity contribution is 0.0588. The lowest BCUT2D eigenvalue weighted by Crippen LogP contribution is -2.05. The summed E-state index contributed by atoms with van der Waals surface area (Å²) in [5.74, 6) is -1.95. The largest absolute Gasteiger partial charge is 0.465 e. The van der Waals surface area contributed by atoms with Crippen LogP contribution in [-0.4, -0.2) is 26.2 Å². The zero-order valence-corrected chi connectivity index (χ0v) is 11.6. The summed E-state index contributed by atoms with van der Waals surface area (Å²) in [7, 11) is 2.46. The highest BCUT2D eigenvalue weighted by Gasteiger charge is 2.17. The summed E-state index contributed by atoms with van der Waals surface area (Å²) >= 11 is 0. The molecule has 0 saturated heterocycles. The molecule has 0 unspecified atom stereocenters. The molecule has 0 spiro atoms. The Kier molecular flexibility index (Phi) is 4.33. The molecule has 0 heterocycles. The second-order valence-electron chi connectivity index (χ2n) is 4.23. The molecular formula is C16H13FO4. The number of carbonyl (C=O) groups excluding carboxylic acids is 2. The molecule has 21 heavy (non-hydrogen) atoms. The number of ether oxygens (including phenoxy) is 2. The summed E-state index contributed by atoms with van der Waals surface area (Å²) in [6.45, 7) is 0. The van der Waals surface area contributed by atoms with E-state index in [1.807, 2.05) is 0 Å². The van der Waals surface area contributed by atoms with E-state index >= 15 is 0 Å². The number of benzene rings is 2. The molecule has 0 N–H and O–H groups in total. The van der Waals surface area contributed by atoms with Crippen molar-refractivity contribution < 1.29 is 23.5 Å². The van der Waals surface area contributed by atoms with Gasteiger partial charge < -0.3 is 9.47 Å². The predicted molar refractivity (Wildman–Crippen MR) is 74.5 cm³/mol. The van der Waals surface area contributed by atoms with Gasteiger partial charge in [-0.3, -0.25) is 0 Å². The van der Waals surface area contributed by atoms with Crippen LogP contribution in [0.4, 0.5) is 4.39 Å². The molecule has 0 atom stereocenters. The van der Waals surface area contributed by atoms with Gasteiger partial charge in [0.2, 0.25) is 0 Å². The van der Waals surface area contributed by atoms with Gasteiger partial charge in [0, 0.05) is 5.56 Å². The Morgan fingerprint density at radius 3 is 2.29 bits per heavy atom. The fourth-order valence-electron chi connectivity index (χ4n) is 1.95. The molecule has 0 bridgehead atoms. The minimum atomic E-state index is -0.751. The quantitative estimate of drug-likeness (QED) is 0.814. The van der Waals surface area contributed by atoms with Gasteiger partial charge in [-0.05, 0) is 23.8 Å². The average Bonchev–Trinajstić information content (AvgIpc) is 2.53. The van der Waals surface area contributed by atoms with E-state index in [1.165, 1.54) is 32.4 Å². The smallest absolute Gasteiger partial charge is 0.340 e. The Morgan fingerprint density at radius 2 is 1.62 bits per heavy atom. The molecule has 108 valence electrons. The molecule has 2 aromatic rings. The Hall–Kier alpha value is -2.69. The van der Waals surface area contributed by atoms with Gasteiger partial charge in [0.15, 0.2) is 0 Å². The fraction of sp³-hybridized carbons (Fsp3) is 0.125. The maximum atomic E-state index is 14.4. The van der Waals surface area contributed by atoms with Crippen molar-refractivity contribution in [2.45, 2.75) is 0 Å². The molecule has 2 rings (SSSR count). The summed E-state index contributed by atoms with van der Waals surface area (Å²) in [6.07, 6.45) is 0. The van der Waals surface area contributed by atoms with Crippen molar-refractivity contribution in [3.05, 3.63) is 59.4 Å². The number of hydrogen-bond donors (Lipinski definition) is 0. The Bertz CT molecular complexity index is 694. The molecule has 0 saturated carbocycles. The van der Waals surface area contributed by atoms with E-state index in [4.69, 9.17) is 0 Å². The van der Waals surface area contributed by atoms with Crippen LogP contribution in [0.2, 0.25) is 0 Å². The fourth-order valence-corrected chi connectivity index (χ4v) is 1.95. The van der Waals surface area contributed by atoms with Crippen LogP contribution >= 0.6 is 0 Å². The van der Waals surface area contributed by atoms with Crippen molar-refractivity contribution in [3.63, 3.8) is 0 Å². The van der Waals surface area contributed by atoms with Crippen LogP contribution < -0.4 is 0 Å². The lowest BCUT2D eigenvalue weighted by Gasteiger charge is -2.08. The number of hydrogen-bond acceptors (Lipinski definition) is 4. The van der Waals surface area contributed by atoms with Crippen LogP contribution in [0.3, 0.4) is 0 Å². The van der Waals surface area contributed by atoms with Gasteiger partial charge in [0.05, 0.1) is 25.3 Å². The van der Waals surface area contributed by atoms with Gasteiger partial charge >= 0.3 is 11.9 Å². The lowest BCUT2D eigenvalue weighted by atomic mass is 10.00. The molecule has 0 radical (unpaired) electrons. The molecule has 0 aliphatic heterocycles. The molecule has 0 aromatic heterocycles. The van der Waals surface area contributed by atoms with Crippen molar-refractivity contribution >= 4 is 11.9 Å². The van der Waals surface area contributed by atoms with Crippen molar-refractivity contribution in [2.24, 2.45) is 0 Å². The Morgan fingerprint density at radius 1 is 0.952 bits per heavy atom. The van der Waals surface area contributed by atoms with Crippen molar-refractivity contribution in [1.29, 1.82) is 0 Å². The van der Waals surface area contributed by atoms with E-state index in [2.05, 4.69) is 9.47 Å². The van der Waals surface area contributed by atoms with Crippen LogP contribution in [0, 0.1) is 5.82 Å². The van der Waals surface area contributed by atoms with E-state index < -0.39 is 17.8 Å². The summed E-state index contributed by atoms with van der Waals surface area (Å²) in [5, 5.41) is 0. The predicted octanol–water partition coefficient (Wildman–Crippen LogP) is 3.07. The van der Waals surface area contributed by atoms with Crippen LogP contribution in [0.25, 0.3) is 11.1 Å². The number of rotatable bonds is 3. The Labute approximate surface area is 121 Å². The third kappa shape index (κ3) is 2.91. The molecular weight excluding hydrogens is 275 g/mol. The van der Waals surface area contributed by atoms with E-state index in [1.54, 1.807) is 24.3 Å². The SMILES string of the molecule is COC(=O)c1cccc(-c2cccc(C(=O)OC)c2F)c1. The van der Waals surface area contributed by atoms with Crippen LogP contribution in [-0.2, 0) is 9.47 Å². The van der Waals surface area contributed by atoms with Gasteiger partial charge in [-0.1, -0.05) is 24.3 Å². The van der Waals surface area contributed by atoms with Crippen LogP contribution in [0.15, 0.2) is 42.5 Å². The zero-order chi connectivity index (χ0) is 15.4. The third-order valence-corrected chi connectivity index (χ3v) is 3.00. The summed E-state index contributed by atoms with van der Waals surface area (Å²) in [5.41, 5.74) is 0.834. The average molecular weight is 288 g/mol. The van der Waals surface area contributed by atoms with Gasteiger partial charge in [-0.25, -0.2) is 14.0 Å². The standard InChI is InChI=1S/C16H13FO4/c1-20-15(18)11-6-3-5-10(9-11)12-7-4-8-13(14(12)17)16(19)21-2/h3-9H,1-2H3. The third-order valence-electron chi connectivity index (χ3n) is 3.00. The Balaban J connectivity index is 2.52. The number of esters is 2. The zero-order valence-electron chi connectivity index (χ0n) is 11.6. The molecule has 0 fully saturated rings. The van der Waals surface area contributed by atoms with Crippen molar-refractivity contribution in [3.8, 4) is 11.1 Å². The van der Waals surface area contributed by atoms with Crippen molar-refractivity contribution in [2.75, 3.05) is 14.2 Å². The molecule has 2 aromatic carbocycles. The van der Waals surface area contributed by atoms with E-state index in [9.17, 15) is 14.0 Å². The second-order valence-corrected chi connectivity index (χ2v) is 4.23. The first-order valence-corrected chi connectivity index (χ1v) is 6.14. The maximum Gasteiger partial charge on any atom is 0.340 e. The van der Waals surface area contributed by atoms with E-state index in [0.29, 0.717) is 11.1 Å². The summed E-state index contributed by atoms with van der Waals surface area (Å²) < 4.78 is 23.6.